The SMILES string of the molecule is O=C(OCc1ccccc1)ON1C(=O)C(Cc2ccccc2)C1CBr. The van der Waals surface area contributed by atoms with Gasteiger partial charge < -0.3 is 9.57 Å². The van der Waals surface area contributed by atoms with Crippen LogP contribution in [-0.2, 0) is 27.4 Å². The summed E-state index contributed by atoms with van der Waals surface area (Å²) in [5.41, 5.74) is 1.94. The van der Waals surface area contributed by atoms with E-state index in [0.717, 1.165) is 16.2 Å². The number of amides is 1. The second-order valence-corrected chi connectivity index (χ2v) is 6.44. The van der Waals surface area contributed by atoms with E-state index in [-0.39, 0.29) is 24.5 Å². The monoisotopic (exact) mass is 403 g/mol. The van der Waals surface area contributed by atoms with Gasteiger partial charge in [0.1, 0.15) is 6.61 Å². The Morgan fingerprint density at radius 3 is 2.20 bits per heavy atom. The van der Waals surface area contributed by atoms with Crippen molar-refractivity contribution in [2.45, 2.75) is 19.1 Å². The smallest absolute Gasteiger partial charge is 0.428 e. The molecule has 0 bridgehead atoms. The normalized spacial score (nSPS) is 19.2. The molecule has 2 aromatic carbocycles. The van der Waals surface area contributed by atoms with Crippen LogP contribution in [0.15, 0.2) is 60.7 Å². The maximum atomic E-state index is 12.3. The number of β-lactam (4-membered cyclic amide) rings is 1. The molecule has 25 heavy (non-hydrogen) atoms. The number of nitrogens with zero attached hydrogens (tertiary/aromatic N) is 1. The van der Waals surface area contributed by atoms with Gasteiger partial charge in [-0.3, -0.25) is 4.79 Å². The van der Waals surface area contributed by atoms with Crippen LogP contribution in [-0.4, -0.2) is 28.5 Å². The Kier molecular flexibility index (Phi) is 5.71. The van der Waals surface area contributed by atoms with Crippen molar-refractivity contribution in [1.29, 1.82) is 0 Å². The number of alkyl halides is 1. The van der Waals surface area contributed by atoms with Crippen LogP contribution in [0.3, 0.4) is 0 Å². The van der Waals surface area contributed by atoms with Crippen LogP contribution >= 0.6 is 15.9 Å². The van der Waals surface area contributed by atoms with E-state index in [0.29, 0.717) is 11.8 Å². The molecule has 2 unspecified atom stereocenters. The van der Waals surface area contributed by atoms with E-state index in [9.17, 15) is 9.59 Å². The summed E-state index contributed by atoms with van der Waals surface area (Å²) in [6.45, 7) is 0.105. The number of rotatable bonds is 6. The molecule has 6 heteroatoms. The molecular formula is C19H18BrNO4. The maximum absolute atomic E-state index is 12.3. The Bertz CT molecular complexity index is 723. The highest BCUT2D eigenvalue weighted by Crippen LogP contribution is 2.31. The van der Waals surface area contributed by atoms with Gasteiger partial charge in [-0.25, -0.2) is 4.79 Å². The summed E-state index contributed by atoms with van der Waals surface area (Å²) in [6.07, 6.45) is -0.254. The van der Waals surface area contributed by atoms with Gasteiger partial charge in [0.05, 0.1) is 12.0 Å². The largest absolute Gasteiger partial charge is 0.533 e. The van der Waals surface area contributed by atoms with Crippen molar-refractivity contribution in [2.75, 3.05) is 5.33 Å². The number of hydrogen-bond acceptors (Lipinski definition) is 4. The predicted molar refractivity (Wildman–Crippen MR) is 95.8 cm³/mol. The fourth-order valence-electron chi connectivity index (χ4n) is 2.77. The van der Waals surface area contributed by atoms with Crippen LogP contribution in [0.1, 0.15) is 11.1 Å². The molecule has 3 rings (SSSR count). The Hall–Kier alpha value is -2.34. The van der Waals surface area contributed by atoms with Crippen LogP contribution in [0.5, 0.6) is 0 Å². The van der Waals surface area contributed by atoms with Gasteiger partial charge in [0, 0.05) is 5.33 Å². The zero-order chi connectivity index (χ0) is 17.6. The third-order valence-electron chi connectivity index (χ3n) is 4.13. The number of carbonyl (C=O) groups is 2. The van der Waals surface area contributed by atoms with Crippen molar-refractivity contribution < 1.29 is 19.2 Å². The third-order valence-corrected chi connectivity index (χ3v) is 4.79. The van der Waals surface area contributed by atoms with Crippen molar-refractivity contribution >= 4 is 28.0 Å². The zero-order valence-electron chi connectivity index (χ0n) is 13.5. The van der Waals surface area contributed by atoms with E-state index < -0.39 is 6.16 Å². The van der Waals surface area contributed by atoms with Crippen molar-refractivity contribution in [2.24, 2.45) is 5.92 Å². The Morgan fingerprint density at radius 1 is 1.00 bits per heavy atom. The van der Waals surface area contributed by atoms with Crippen molar-refractivity contribution in [3.63, 3.8) is 0 Å². The molecule has 1 aliphatic rings. The van der Waals surface area contributed by atoms with E-state index in [1.54, 1.807) is 0 Å². The number of halogens is 1. The third kappa shape index (κ3) is 4.20. The first kappa shape index (κ1) is 17.5. The fourth-order valence-corrected chi connectivity index (χ4v) is 3.48. The van der Waals surface area contributed by atoms with Gasteiger partial charge in [-0.1, -0.05) is 76.6 Å². The van der Waals surface area contributed by atoms with E-state index in [1.807, 2.05) is 60.7 Å². The molecule has 1 heterocycles. The zero-order valence-corrected chi connectivity index (χ0v) is 15.1. The highest BCUT2D eigenvalue weighted by atomic mass is 79.9. The number of hydroxylamine groups is 2. The lowest BCUT2D eigenvalue weighted by Gasteiger charge is -2.43. The molecule has 2 aromatic rings. The van der Waals surface area contributed by atoms with Crippen LogP contribution in [0, 0.1) is 5.92 Å². The van der Waals surface area contributed by atoms with Crippen LogP contribution in [0.2, 0.25) is 0 Å². The Balaban J connectivity index is 1.52. The molecule has 2 atom stereocenters. The lowest BCUT2D eigenvalue weighted by Crippen LogP contribution is -2.62. The number of ether oxygens (including phenoxy) is 1. The number of hydrogen-bond donors (Lipinski definition) is 0. The summed E-state index contributed by atoms with van der Waals surface area (Å²) in [4.78, 5) is 29.2. The standard InChI is InChI=1S/C19H18BrNO4/c20-12-17-16(11-14-7-3-1-4-8-14)18(22)21(17)25-19(23)24-13-15-9-5-2-6-10-15/h1-10,16-17H,11-13H2. The maximum Gasteiger partial charge on any atom is 0.533 e. The van der Waals surface area contributed by atoms with Gasteiger partial charge in [-0.05, 0) is 17.5 Å². The molecule has 5 nitrogen and oxygen atoms in total. The van der Waals surface area contributed by atoms with Gasteiger partial charge in [0.2, 0.25) is 0 Å². The topological polar surface area (TPSA) is 55.8 Å². The van der Waals surface area contributed by atoms with Crippen LogP contribution < -0.4 is 0 Å². The van der Waals surface area contributed by atoms with Crippen LogP contribution in [0.4, 0.5) is 4.79 Å². The lowest BCUT2D eigenvalue weighted by molar-refractivity contribution is -0.221. The molecule has 1 aliphatic heterocycles. The molecule has 130 valence electrons. The number of carbonyl (C=O) groups excluding carboxylic acids is 2. The molecule has 0 spiro atoms. The van der Waals surface area contributed by atoms with Crippen molar-refractivity contribution in [3.05, 3.63) is 71.8 Å². The lowest BCUT2D eigenvalue weighted by atomic mass is 9.85. The van der Waals surface area contributed by atoms with Gasteiger partial charge in [0.15, 0.2) is 0 Å². The average Bonchev–Trinajstić information content (AvgIpc) is 2.66. The molecule has 0 N–H and O–H groups in total. The molecular weight excluding hydrogens is 386 g/mol. The molecule has 0 aromatic heterocycles. The first-order chi connectivity index (χ1) is 12.2. The van der Waals surface area contributed by atoms with E-state index in [1.165, 1.54) is 0 Å². The van der Waals surface area contributed by atoms with Gasteiger partial charge in [-0.2, -0.15) is 5.06 Å². The second kappa shape index (κ2) is 8.16. The Morgan fingerprint density at radius 2 is 1.60 bits per heavy atom. The molecule has 0 saturated carbocycles. The summed E-state index contributed by atoms with van der Waals surface area (Å²) in [5, 5.41) is 1.64. The second-order valence-electron chi connectivity index (χ2n) is 5.80. The van der Waals surface area contributed by atoms with Gasteiger partial charge in [0.25, 0.3) is 5.91 Å². The predicted octanol–water partition coefficient (Wildman–Crippen LogP) is 3.72. The fraction of sp³-hybridized carbons (Fsp3) is 0.263. The minimum absolute atomic E-state index is 0.105. The quantitative estimate of drug-likeness (QED) is 0.419. The first-order valence-corrected chi connectivity index (χ1v) is 9.13. The number of benzene rings is 2. The van der Waals surface area contributed by atoms with Crippen molar-refractivity contribution in [1.82, 2.24) is 5.06 Å². The highest BCUT2D eigenvalue weighted by molar-refractivity contribution is 9.09. The summed E-state index contributed by atoms with van der Waals surface area (Å²) in [6, 6.07) is 18.9. The first-order valence-electron chi connectivity index (χ1n) is 8.00. The minimum Gasteiger partial charge on any atom is -0.428 e. The Labute approximate surface area is 154 Å². The molecule has 0 aliphatic carbocycles. The summed E-state index contributed by atoms with van der Waals surface area (Å²) >= 11 is 3.39. The van der Waals surface area contributed by atoms with E-state index in [4.69, 9.17) is 9.57 Å². The molecule has 0 radical (unpaired) electrons. The summed E-state index contributed by atoms with van der Waals surface area (Å²) in [5.74, 6) is -0.409. The van der Waals surface area contributed by atoms with Crippen LogP contribution in [0.25, 0.3) is 0 Å². The minimum atomic E-state index is -0.874. The molecule has 1 fully saturated rings. The van der Waals surface area contributed by atoms with E-state index in [2.05, 4.69) is 15.9 Å². The van der Waals surface area contributed by atoms with Crippen molar-refractivity contribution in [3.8, 4) is 0 Å². The molecule has 1 amide bonds. The average molecular weight is 404 g/mol. The van der Waals surface area contributed by atoms with Gasteiger partial charge in [-0.15, -0.1) is 0 Å². The van der Waals surface area contributed by atoms with Gasteiger partial charge >= 0.3 is 6.16 Å². The molecule has 1 saturated heterocycles. The highest BCUT2D eigenvalue weighted by Gasteiger charge is 2.49. The summed E-state index contributed by atoms with van der Waals surface area (Å²) in [7, 11) is 0. The van der Waals surface area contributed by atoms with E-state index >= 15 is 0 Å². The summed E-state index contributed by atoms with van der Waals surface area (Å²) < 4.78 is 5.06.